The van der Waals surface area contributed by atoms with E-state index in [0.29, 0.717) is 35.8 Å². The molecule has 1 aromatic heterocycles. The number of thiol groups is 1. The molecule has 3 rings (SSSR count). The fourth-order valence-corrected chi connectivity index (χ4v) is 2.57. The number of nitriles is 2. The van der Waals surface area contributed by atoms with Crippen LogP contribution in [0.25, 0.3) is 11.1 Å². The number of ether oxygens (including phenoxy) is 2. The minimum absolute atomic E-state index is 0.0383. The summed E-state index contributed by atoms with van der Waals surface area (Å²) in [4.78, 5) is 3.93. The molecular weight excluding hydrogens is 300 g/mol. The highest BCUT2D eigenvalue weighted by atomic mass is 32.1. The summed E-state index contributed by atoms with van der Waals surface area (Å²) in [5.74, 6) is 1.23. The van der Waals surface area contributed by atoms with E-state index >= 15 is 0 Å². The van der Waals surface area contributed by atoms with E-state index in [1.807, 2.05) is 12.1 Å². The first kappa shape index (κ1) is 14.1. The van der Waals surface area contributed by atoms with Crippen molar-refractivity contribution in [2.45, 2.75) is 5.03 Å². The van der Waals surface area contributed by atoms with E-state index in [9.17, 15) is 10.5 Å². The van der Waals surface area contributed by atoms with Crippen LogP contribution in [0.3, 0.4) is 0 Å². The molecule has 0 bridgehead atoms. The van der Waals surface area contributed by atoms with Crippen LogP contribution in [-0.2, 0) is 0 Å². The standard InChI is InChI=1S/C15H10N4O2S/c16-6-9-13(10(7-17)15(22)19-14(9)18)8-1-2-11-12(5-8)21-4-3-20-11/h1-2,5H,3-4H2,(H3,18,19,22). The summed E-state index contributed by atoms with van der Waals surface area (Å²) in [6.07, 6.45) is 0. The number of rotatable bonds is 1. The Morgan fingerprint density at radius 3 is 2.45 bits per heavy atom. The van der Waals surface area contributed by atoms with Crippen LogP contribution in [0.2, 0.25) is 0 Å². The highest BCUT2D eigenvalue weighted by Crippen LogP contribution is 2.38. The van der Waals surface area contributed by atoms with Crippen molar-refractivity contribution in [2.24, 2.45) is 0 Å². The van der Waals surface area contributed by atoms with Gasteiger partial charge in [0.2, 0.25) is 0 Å². The first-order valence-electron chi connectivity index (χ1n) is 6.38. The quantitative estimate of drug-likeness (QED) is 0.782. The Kier molecular flexibility index (Phi) is 3.50. The molecule has 0 atom stereocenters. The van der Waals surface area contributed by atoms with Gasteiger partial charge in [-0.25, -0.2) is 4.98 Å². The Morgan fingerprint density at radius 2 is 1.77 bits per heavy atom. The molecule has 22 heavy (non-hydrogen) atoms. The topological polar surface area (TPSA) is 105 Å². The van der Waals surface area contributed by atoms with Gasteiger partial charge in [0.25, 0.3) is 0 Å². The van der Waals surface area contributed by atoms with Gasteiger partial charge in [-0.3, -0.25) is 0 Å². The van der Waals surface area contributed by atoms with Gasteiger partial charge in [0.1, 0.15) is 41.8 Å². The minimum Gasteiger partial charge on any atom is -0.486 e. The molecule has 0 unspecified atom stereocenters. The van der Waals surface area contributed by atoms with Gasteiger partial charge in [0.05, 0.1) is 5.56 Å². The van der Waals surface area contributed by atoms with E-state index in [2.05, 4.69) is 17.6 Å². The van der Waals surface area contributed by atoms with Crippen LogP contribution < -0.4 is 15.2 Å². The Bertz CT molecular complexity index is 814. The van der Waals surface area contributed by atoms with E-state index in [1.54, 1.807) is 18.2 Å². The summed E-state index contributed by atoms with van der Waals surface area (Å²) < 4.78 is 11.0. The molecule has 1 aliphatic rings. The molecule has 0 amide bonds. The number of benzene rings is 1. The second kappa shape index (κ2) is 5.47. The zero-order chi connectivity index (χ0) is 15.7. The van der Waals surface area contributed by atoms with Gasteiger partial charge in [-0.05, 0) is 17.7 Å². The van der Waals surface area contributed by atoms with Crippen molar-refractivity contribution >= 4 is 18.4 Å². The third kappa shape index (κ3) is 2.18. The Hall–Kier alpha value is -2.90. The lowest BCUT2D eigenvalue weighted by molar-refractivity contribution is 0.171. The molecule has 1 aliphatic heterocycles. The first-order valence-corrected chi connectivity index (χ1v) is 6.83. The van der Waals surface area contributed by atoms with Crippen molar-refractivity contribution in [3.8, 4) is 34.8 Å². The van der Waals surface area contributed by atoms with Gasteiger partial charge >= 0.3 is 0 Å². The van der Waals surface area contributed by atoms with Gasteiger partial charge in [-0.2, -0.15) is 10.5 Å². The lowest BCUT2D eigenvalue weighted by Gasteiger charge is -2.19. The van der Waals surface area contributed by atoms with Crippen molar-refractivity contribution in [1.82, 2.24) is 4.98 Å². The van der Waals surface area contributed by atoms with Gasteiger partial charge < -0.3 is 15.2 Å². The lowest BCUT2D eigenvalue weighted by Crippen LogP contribution is -2.15. The predicted octanol–water partition coefficient (Wildman–Crippen LogP) is 2.13. The SMILES string of the molecule is N#Cc1c(N)nc(S)c(C#N)c1-c1ccc2c(c1)OCCO2. The second-order valence-corrected chi connectivity index (χ2v) is 4.95. The van der Waals surface area contributed by atoms with Crippen LogP contribution in [0.5, 0.6) is 11.5 Å². The molecule has 0 fully saturated rings. The maximum atomic E-state index is 9.36. The van der Waals surface area contributed by atoms with E-state index in [1.165, 1.54) is 0 Å². The van der Waals surface area contributed by atoms with Crippen LogP contribution in [-0.4, -0.2) is 18.2 Å². The van der Waals surface area contributed by atoms with Gasteiger partial charge in [-0.1, -0.05) is 6.07 Å². The van der Waals surface area contributed by atoms with Crippen LogP contribution in [0.4, 0.5) is 5.82 Å². The number of nitrogens with zero attached hydrogens (tertiary/aromatic N) is 3. The van der Waals surface area contributed by atoms with Crippen LogP contribution in [0.1, 0.15) is 11.1 Å². The smallest absolute Gasteiger partial charge is 0.161 e. The molecule has 0 radical (unpaired) electrons. The minimum atomic E-state index is 0.0383. The zero-order valence-corrected chi connectivity index (χ0v) is 12.2. The normalized spacial score (nSPS) is 12.3. The Labute approximate surface area is 132 Å². The van der Waals surface area contributed by atoms with Crippen LogP contribution >= 0.6 is 12.6 Å². The fourth-order valence-electron chi connectivity index (χ4n) is 2.30. The molecule has 0 aliphatic carbocycles. The molecule has 6 nitrogen and oxygen atoms in total. The number of hydrogen-bond acceptors (Lipinski definition) is 7. The van der Waals surface area contributed by atoms with Crippen molar-refractivity contribution in [3.63, 3.8) is 0 Å². The molecule has 2 aromatic rings. The first-order chi connectivity index (χ1) is 10.7. The molecular formula is C15H10N4O2S. The molecule has 2 N–H and O–H groups in total. The van der Waals surface area contributed by atoms with Gasteiger partial charge in [0.15, 0.2) is 11.5 Å². The van der Waals surface area contributed by atoms with Crippen molar-refractivity contribution in [2.75, 3.05) is 18.9 Å². The molecule has 2 heterocycles. The molecule has 1 aromatic carbocycles. The van der Waals surface area contributed by atoms with Gasteiger partial charge in [0, 0.05) is 5.56 Å². The number of hydrogen-bond donors (Lipinski definition) is 2. The van der Waals surface area contributed by atoms with Crippen LogP contribution in [0, 0.1) is 22.7 Å². The molecule has 0 saturated heterocycles. The Morgan fingerprint density at radius 1 is 1.09 bits per heavy atom. The van der Waals surface area contributed by atoms with E-state index in [-0.39, 0.29) is 22.0 Å². The third-order valence-corrected chi connectivity index (χ3v) is 3.58. The number of nitrogens with two attached hydrogens (primary N) is 1. The number of aromatic nitrogens is 1. The molecule has 7 heteroatoms. The fraction of sp³-hybridized carbons (Fsp3) is 0.133. The maximum Gasteiger partial charge on any atom is 0.161 e. The monoisotopic (exact) mass is 310 g/mol. The van der Waals surface area contributed by atoms with E-state index in [0.717, 1.165) is 0 Å². The number of fused-ring (bicyclic) bond motifs is 1. The largest absolute Gasteiger partial charge is 0.486 e. The summed E-state index contributed by atoms with van der Waals surface area (Å²) in [7, 11) is 0. The summed E-state index contributed by atoms with van der Waals surface area (Å²) in [6.45, 7) is 0.936. The van der Waals surface area contributed by atoms with Crippen molar-refractivity contribution in [3.05, 3.63) is 29.3 Å². The summed E-state index contributed by atoms with van der Waals surface area (Å²) in [6, 6.07) is 9.23. The highest BCUT2D eigenvalue weighted by molar-refractivity contribution is 7.80. The predicted molar refractivity (Wildman–Crippen MR) is 81.8 cm³/mol. The number of pyridine rings is 1. The van der Waals surface area contributed by atoms with Gasteiger partial charge in [-0.15, -0.1) is 12.6 Å². The summed E-state index contributed by atoms with van der Waals surface area (Å²) in [5.41, 5.74) is 7.16. The lowest BCUT2D eigenvalue weighted by atomic mass is 9.96. The average Bonchev–Trinajstić information content (AvgIpc) is 2.54. The second-order valence-electron chi connectivity index (χ2n) is 4.53. The van der Waals surface area contributed by atoms with Crippen molar-refractivity contribution in [1.29, 1.82) is 10.5 Å². The maximum absolute atomic E-state index is 9.36. The van der Waals surface area contributed by atoms with Crippen molar-refractivity contribution < 1.29 is 9.47 Å². The average molecular weight is 310 g/mol. The molecule has 108 valence electrons. The third-order valence-electron chi connectivity index (χ3n) is 3.26. The summed E-state index contributed by atoms with van der Waals surface area (Å²) >= 11 is 4.17. The summed E-state index contributed by atoms with van der Waals surface area (Å²) in [5, 5.41) is 18.9. The number of nitrogen functional groups attached to an aromatic ring is 1. The van der Waals surface area contributed by atoms with Crippen LogP contribution in [0.15, 0.2) is 23.2 Å². The molecule has 0 spiro atoms. The van der Waals surface area contributed by atoms with E-state index < -0.39 is 0 Å². The Balaban J connectivity index is 2.28. The zero-order valence-electron chi connectivity index (χ0n) is 11.3. The van der Waals surface area contributed by atoms with E-state index in [4.69, 9.17) is 15.2 Å². The highest BCUT2D eigenvalue weighted by Gasteiger charge is 2.21. The molecule has 0 saturated carbocycles. The number of anilines is 1.